The summed E-state index contributed by atoms with van der Waals surface area (Å²) in [6.07, 6.45) is 2.07. The van der Waals surface area contributed by atoms with Crippen molar-refractivity contribution in [3.63, 3.8) is 0 Å². The first kappa shape index (κ1) is 15.2. The van der Waals surface area contributed by atoms with Crippen molar-refractivity contribution in [3.05, 3.63) is 105 Å². The molecule has 4 rings (SSSR count). The van der Waals surface area contributed by atoms with Crippen LogP contribution in [0.4, 0.5) is 0 Å². The van der Waals surface area contributed by atoms with E-state index in [4.69, 9.17) is 23.2 Å². The Morgan fingerprint density at radius 3 is 1.75 bits per heavy atom. The predicted octanol–water partition coefficient (Wildman–Crippen LogP) is 6.13. The first-order valence-corrected chi connectivity index (χ1v) is 8.31. The molecule has 0 spiro atoms. The lowest BCUT2D eigenvalue weighted by Gasteiger charge is -2.23. The Balaban J connectivity index is 2.07. The number of carbonyl (C=O) groups excluding carboxylic acids is 1. The zero-order valence-corrected chi connectivity index (χ0v) is 14.1. The van der Waals surface area contributed by atoms with Gasteiger partial charge in [-0.05, 0) is 40.5 Å². The van der Waals surface area contributed by atoms with Crippen molar-refractivity contribution >= 4 is 40.6 Å². The topological polar surface area (TPSA) is 17.1 Å². The van der Waals surface area contributed by atoms with E-state index >= 15 is 0 Å². The van der Waals surface area contributed by atoms with Crippen molar-refractivity contribution in [2.75, 3.05) is 0 Å². The summed E-state index contributed by atoms with van der Waals surface area (Å²) in [5.41, 5.74) is 4.72. The highest BCUT2D eigenvalue weighted by Crippen LogP contribution is 2.41. The molecule has 0 radical (unpaired) electrons. The van der Waals surface area contributed by atoms with Gasteiger partial charge in [-0.3, -0.25) is 4.79 Å². The van der Waals surface area contributed by atoms with E-state index < -0.39 is 0 Å². The van der Waals surface area contributed by atoms with Crippen LogP contribution in [-0.2, 0) is 0 Å². The SMILES string of the molecule is O=C1c2c(Cl)cccc2C(=Cc2ccccc2)c2cccc(Cl)c21. The van der Waals surface area contributed by atoms with Crippen LogP contribution in [0.25, 0.3) is 11.6 Å². The number of fused-ring (bicyclic) bond motifs is 2. The molecule has 0 unspecified atom stereocenters. The molecule has 1 aliphatic carbocycles. The standard InChI is InChI=1S/C21H12Cl2O/c22-17-10-4-8-14-16(12-13-6-2-1-3-7-13)15-9-5-11-18(23)20(15)21(24)19(14)17/h1-12H. The smallest absolute Gasteiger partial charge is 0.197 e. The van der Waals surface area contributed by atoms with Crippen LogP contribution >= 0.6 is 23.2 Å². The fraction of sp³-hybridized carbons (Fsp3) is 0. The van der Waals surface area contributed by atoms with Crippen molar-refractivity contribution < 1.29 is 4.79 Å². The molecule has 3 aromatic carbocycles. The molecule has 0 aromatic heterocycles. The van der Waals surface area contributed by atoms with Gasteiger partial charge in [-0.15, -0.1) is 0 Å². The lowest BCUT2D eigenvalue weighted by molar-refractivity contribution is 0.103. The Kier molecular flexibility index (Phi) is 3.76. The van der Waals surface area contributed by atoms with Gasteiger partial charge in [0.05, 0.1) is 10.0 Å². The van der Waals surface area contributed by atoms with Crippen LogP contribution in [0, 0.1) is 0 Å². The molecular weight excluding hydrogens is 339 g/mol. The molecule has 0 amide bonds. The van der Waals surface area contributed by atoms with Gasteiger partial charge < -0.3 is 0 Å². The number of carbonyl (C=O) groups is 1. The van der Waals surface area contributed by atoms with Crippen molar-refractivity contribution in [2.45, 2.75) is 0 Å². The Labute approximate surface area is 150 Å². The molecule has 0 saturated heterocycles. The predicted molar refractivity (Wildman–Crippen MR) is 99.8 cm³/mol. The summed E-state index contributed by atoms with van der Waals surface area (Å²) in [5, 5.41) is 0.893. The van der Waals surface area contributed by atoms with Gasteiger partial charge in [0.25, 0.3) is 0 Å². The van der Waals surface area contributed by atoms with Crippen LogP contribution in [-0.4, -0.2) is 5.78 Å². The fourth-order valence-electron chi connectivity index (χ4n) is 3.10. The number of hydrogen-bond acceptors (Lipinski definition) is 1. The number of hydrogen-bond donors (Lipinski definition) is 0. The maximum absolute atomic E-state index is 13.0. The molecule has 0 fully saturated rings. The molecule has 1 aliphatic rings. The highest BCUT2D eigenvalue weighted by atomic mass is 35.5. The second-order valence-electron chi connectivity index (χ2n) is 5.62. The Morgan fingerprint density at radius 1 is 0.667 bits per heavy atom. The van der Waals surface area contributed by atoms with Gasteiger partial charge in [-0.2, -0.15) is 0 Å². The van der Waals surface area contributed by atoms with Gasteiger partial charge >= 0.3 is 0 Å². The van der Waals surface area contributed by atoms with Gasteiger partial charge in [-0.25, -0.2) is 0 Å². The van der Waals surface area contributed by atoms with Crippen LogP contribution in [0.5, 0.6) is 0 Å². The van der Waals surface area contributed by atoms with E-state index in [-0.39, 0.29) is 5.78 Å². The minimum Gasteiger partial charge on any atom is -0.288 e. The summed E-state index contributed by atoms with van der Waals surface area (Å²) in [6, 6.07) is 21.1. The lowest BCUT2D eigenvalue weighted by Crippen LogP contribution is -2.15. The zero-order valence-electron chi connectivity index (χ0n) is 12.6. The monoisotopic (exact) mass is 350 g/mol. The molecule has 3 heteroatoms. The fourth-order valence-corrected chi connectivity index (χ4v) is 3.62. The van der Waals surface area contributed by atoms with Crippen LogP contribution in [0.2, 0.25) is 10.0 Å². The minimum absolute atomic E-state index is 0.124. The first-order chi connectivity index (χ1) is 11.7. The van der Waals surface area contributed by atoms with E-state index in [0.29, 0.717) is 21.2 Å². The summed E-state index contributed by atoms with van der Waals surface area (Å²) >= 11 is 12.7. The number of ketones is 1. The molecule has 0 N–H and O–H groups in total. The van der Waals surface area contributed by atoms with E-state index in [1.54, 1.807) is 12.1 Å². The molecule has 116 valence electrons. The molecule has 0 saturated carbocycles. The van der Waals surface area contributed by atoms with Crippen molar-refractivity contribution in [1.82, 2.24) is 0 Å². The molecule has 24 heavy (non-hydrogen) atoms. The van der Waals surface area contributed by atoms with Gasteiger partial charge in [0, 0.05) is 11.1 Å². The summed E-state index contributed by atoms with van der Waals surface area (Å²) in [5.74, 6) is -0.124. The molecule has 0 heterocycles. The Bertz CT molecular complexity index is 930. The highest BCUT2D eigenvalue weighted by Gasteiger charge is 2.30. The second-order valence-corrected chi connectivity index (χ2v) is 6.44. The van der Waals surface area contributed by atoms with Crippen molar-refractivity contribution in [1.29, 1.82) is 0 Å². The summed E-state index contributed by atoms with van der Waals surface area (Å²) < 4.78 is 0. The number of rotatable bonds is 1. The lowest BCUT2D eigenvalue weighted by atomic mass is 9.80. The van der Waals surface area contributed by atoms with Crippen LogP contribution in [0.3, 0.4) is 0 Å². The normalized spacial score (nSPS) is 12.6. The molecular formula is C21H12Cl2O. The van der Waals surface area contributed by atoms with Crippen LogP contribution in [0.15, 0.2) is 66.7 Å². The van der Waals surface area contributed by atoms with E-state index in [2.05, 4.69) is 6.08 Å². The quantitative estimate of drug-likeness (QED) is 0.403. The van der Waals surface area contributed by atoms with E-state index in [1.807, 2.05) is 54.6 Å². The second kappa shape index (κ2) is 5.94. The van der Waals surface area contributed by atoms with E-state index in [0.717, 1.165) is 22.3 Å². The molecule has 0 atom stereocenters. The number of benzene rings is 3. The number of halogens is 2. The molecule has 0 bridgehead atoms. The Morgan fingerprint density at radius 2 is 1.21 bits per heavy atom. The highest BCUT2D eigenvalue weighted by molar-refractivity contribution is 6.40. The first-order valence-electron chi connectivity index (χ1n) is 7.56. The van der Waals surface area contributed by atoms with Crippen molar-refractivity contribution in [3.8, 4) is 0 Å². The van der Waals surface area contributed by atoms with Crippen LogP contribution < -0.4 is 0 Å². The molecule has 0 aliphatic heterocycles. The van der Waals surface area contributed by atoms with E-state index in [9.17, 15) is 4.79 Å². The summed E-state index contributed by atoms with van der Waals surface area (Å²) in [6.45, 7) is 0. The maximum atomic E-state index is 13.0. The third-order valence-electron chi connectivity index (χ3n) is 4.17. The molecule has 1 nitrogen and oxygen atoms in total. The average molecular weight is 351 g/mol. The third-order valence-corrected chi connectivity index (χ3v) is 4.80. The van der Waals surface area contributed by atoms with Gasteiger partial charge in [-0.1, -0.05) is 77.8 Å². The minimum atomic E-state index is -0.124. The van der Waals surface area contributed by atoms with Gasteiger partial charge in [0.15, 0.2) is 5.78 Å². The zero-order chi connectivity index (χ0) is 16.7. The maximum Gasteiger partial charge on any atom is 0.197 e. The third kappa shape index (κ3) is 2.37. The summed E-state index contributed by atoms with van der Waals surface area (Å²) in [4.78, 5) is 13.0. The average Bonchev–Trinajstić information content (AvgIpc) is 2.59. The van der Waals surface area contributed by atoms with Crippen molar-refractivity contribution in [2.24, 2.45) is 0 Å². The van der Waals surface area contributed by atoms with Gasteiger partial charge in [0.2, 0.25) is 0 Å². The van der Waals surface area contributed by atoms with Crippen LogP contribution in [0.1, 0.15) is 32.6 Å². The van der Waals surface area contributed by atoms with E-state index in [1.165, 1.54) is 0 Å². The largest absolute Gasteiger partial charge is 0.288 e. The summed E-state index contributed by atoms with van der Waals surface area (Å²) in [7, 11) is 0. The van der Waals surface area contributed by atoms with Gasteiger partial charge in [0.1, 0.15) is 0 Å². The molecule has 3 aromatic rings. The Hall–Kier alpha value is -2.35.